The van der Waals surface area contributed by atoms with Gasteiger partial charge in [0.2, 0.25) is 0 Å². The number of aromatic nitrogens is 3. The van der Waals surface area contributed by atoms with Crippen molar-refractivity contribution in [2.75, 3.05) is 10.5 Å². The van der Waals surface area contributed by atoms with E-state index in [9.17, 15) is 13.5 Å². The van der Waals surface area contributed by atoms with Gasteiger partial charge in [-0.3, -0.25) is 9.82 Å². The molecule has 0 amide bonds. The Bertz CT molecular complexity index is 1430. The molecule has 0 saturated carbocycles. The van der Waals surface area contributed by atoms with Gasteiger partial charge in [0.15, 0.2) is 11.4 Å². The molecule has 5 rings (SSSR count). The van der Waals surface area contributed by atoms with Crippen molar-refractivity contribution >= 4 is 27.5 Å². The predicted octanol–water partition coefficient (Wildman–Crippen LogP) is 4.68. The van der Waals surface area contributed by atoms with Crippen LogP contribution >= 0.6 is 11.8 Å². The minimum Gasteiger partial charge on any atom is -0.392 e. The normalized spacial score (nSPS) is 21.7. The first-order valence-corrected chi connectivity index (χ1v) is 14.6. The van der Waals surface area contributed by atoms with Gasteiger partial charge in [-0.05, 0) is 35.4 Å². The van der Waals surface area contributed by atoms with Crippen LogP contribution in [0.15, 0.2) is 95.2 Å². The molecule has 1 aliphatic heterocycles. The summed E-state index contributed by atoms with van der Waals surface area (Å²) >= 11 is 1.51. The van der Waals surface area contributed by atoms with E-state index in [2.05, 4.69) is 26.8 Å². The summed E-state index contributed by atoms with van der Waals surface area (Å²) in [4.78, 5) is 4.37. The largest absolute Gasteiger partial charge is 0.392 e. The number of benzene rings is 3. The first kappa shape index (κ1) is 26.4. The van der Waals surface area contributed by atoms with E-state index in [1.165, 1.54) is 18.1 Å². The zero-order valence-electron chi connectivity index (χ0n) is 20.6. The Labute approximate surface area is 225 Å². The number of nitrogens with one attached hydrogen (secondary N) is 2. The molecule has 3 aromatic carbocycles. The third-order valence-corrected chi connectivity index (χ3v) is 8.73. The summed E-state index contributed by atoms with van der Waals surface area (Å²) in [5, 5.41) is 16.9. The highest BCUT2D eigenvalue weighted by Gasteiger charge is 2.38. The zero-order valence-corrected chi connectivity index (χ0v) is 22.2. The highest BCUT2D eigenvalue weighted by molar-refractivity contribution is 7.99. The summed E-state index contributed by atoms with van der Waals surface area (Å²) in [7, 11) is -3.75. The number of sulfonamides is 1. The van der Waals surface area contributed by atoms with Crippen LogP contribution in [0.2, 0.25) is 0 Å². The van der Waals surface area contributed by atoms with Gasteiger partial charge in [-0.15, -0.1) is 0 Å². The van der Waals surface area contributed by atoms with Gasteiger partial charge in [0.05, 0.1) is 23.7 Å². The molecule has 3 N–H and O–H groups in total. The molecule has 2 heterocycles. The van der Waals surface area contributed by atoms with Crippen LogP contribution in [0, 0.1) is 5.92 Å². The van der Waals surface area contributed by atoms with Crippen molar-refractivity contribution in [2.45, 2.75) is 42.1 Å². The Balaban J connectivity index is 1.40. The van der Waals surface area contributed by atoms with Gasteiger partial charge >= 0.3 is 0 Å². The Morgan fingerprint density at radius 2 is 1.79 bits per heavy atom. The molecule has 1 aromatic heterocycles. The maximum atomic E-state index is 12.9. The number of aromatic amines is 1. The highest BCUT2D eigenvalue weighted by Crippen LogP contribution is 2.43. The Morgan fingerprint density at radius 3 is 2.50 bits per heavy atom. The van der Waals surface area contributed by atoms with Crippen molar-refractivity contribution in [3.63, 3.8) is 0 Å². The third-order valence-electron chi connectivity index (χ3n) is 6.37. The van der Waals surface area contributed by atoms with E-state index in [4.69, 9.17) is 9.47 Å². The summed E-state index contributed by atoms with van der Waals surface area (Å²) in [6.45, 7) is 2.05. The molecule has 0 spiro atoms. The van der Waals surface area contributed by atoms with Crippen LogP contribution in [0.1, 0.15) is 36.0 Å². The molecule has 0 aliphatic carbocycles. The average Bonchev–Trinajstić information content (AvgIpc) is 3.47. The van der Waals surface area contributed by atoms with Crippen LogP contribution in [-0.2, 0) is 26.1 Å². The first-order chi connectivity index (χ1) is 18.4. The predicted molar refractivity (Wildman–Crippen MR) is 144 cm³/mol. The molecule has 1 aliphatic rings. The summed E-state index contributed by atoms with van der Waals surface area (Å²) in [5.41, 5.74) is 2.89. The summed E-state index contributed by atoms with van der Waals surface area (Å²) in [6.07, 6.45) is 0.255. The minimum atomic E-state index is -3.75. The van der Waals surface area contributed by atoms with Crippen LogP contribution in [0.3, 0.4) is 0 Å². The lowest BCUT2D eigenvalue weighted by Gasteiger charge is -2.41. The molecule has 1 saturated heterocycles. The highest BCUT2D eigenvalue weighted by atomic mass is 32.2. The lowest BCUT2D eigenvalue weighted by atomic mass is 9.91. The number of anilines is 1. The average molecular weight is 553 g/mol. The number of hydrogen-bond donors (Lipinski definition) is 3. The van der Waals surface area contributed by atoms with Gasteiger partial charge in [-0.2, -0.15) is 5.10 Å². The van der Waals surface area contributed by atoms with Gasteiger partial charge in [-0.1, -0.05) is 73.3 Å². The van der Waals surface area contributed by atoms with Crippen molar-refractivity contribution in [1.82, 2.24) is 15.2 Å². The fourth-order valence-electron chi connectivity index (χ4n) is 4.30. The van der Waals surface area contributed by atoms with E-state index in [-0.39, 0.29) is 29.6 Å². The lowest BCUT2D eigenvalue weighted by Crippen LogP contribution is -2.38. The summed E-state index contributed by atoms with van der Waals surface area (Å²) < 4.78 is 41.3. The molecular weight excluding hydrogens is 524 g/mol. The van der Waals surface area contributed by atoms with Crippen molar-refractivity contribution < 1.29 is 23.0 Å². The fourth-order valence-corrected chi connectivity index (χ4v) is 6.31. The topological polar surface area (TPSA) is 126 Å². The quantitative estimate of drug-likeness (QED) is 0.256. The van der Waals surface area contributed by atoms with Crippen molar-refractivity contribution in [3.05, 3.63) is 102 Å². The number of thioether (sulfide) groups is 1. The lowest BCUT2D eigenvalue weighted by molar-refractivity contribution is -0.268. The van der Waals surface area contributed by atoms with Gasteiger partial charge in [0.25, 0.3) is 10.0 Å². The second kappa shape index (κ2) is 11.7. The second-order valence-corrected chi connectivity index (χ2v) is 11.7. The monoisotopic (exact) mass is 552 g/mol. The molecule has 0 bridgehead atoms. The van der Waals surface area contributed by atoms with Gasteiger partial charge < -0.3 is 14.6 Å². The number of aliphatic hydroxyl groups is 1. The number of rotatable bonds is 9. The minimum absolute atomic E-state index is 0.00131. The second-order valence-electron chi connectivity index (χ2n) is 8.97. The number of ether oxygens (including phenoxy) is 2. The molecule has 1 unspecified atom stereocenters. The maximum absolute atomic E-state index is 12.9. The van der Waals surface area contributed by atoms with Crippen LogP contribution < -0.4 is 4.72 Å². The SMILES string of the molecule is C[C@H]1[C@@H](CSc2ncn[nH]2)OC(c2cccc(NS(=O)(=O)c3ccccc3)c2)O[C@H]1c1ccc(CO)cc1. The molecule has 38 heavy (non-hydrogen) atoms. The van der Waals surface area contributed by atoms with Crippen molar-refractivity contribution in [3.8, 4) is 0 Å². The van der Waals surface area contributed by atoms with Crippen LogP contribution in [0.25, 0.3) is 0 Å². The van der Waals surface area contributed by atoms with Crippen LogP contribution in [-0.4, -0.2) is 40.6 Å². The number of aliphatic hydroxyl groups excluding tert-OH is 1. The summed E-state index contributed by atoms with van der Waals surface area (Å²) in [6, 6.07) is 22.9. The zero-order chi connectivity index (χ0) is 26.5. The van der Waals surface area contributed by atoms with Crippen molar-refractivity contribution in [1.29, 1.82) is 0 Å². The van der Waals surface area contributed by atoms with E-state index in [0.717, 1.165) is 11.1 Å². The molecule has 4 atom stereocenters. The molecule has 4 aromatic rings. The Morgan fingerprint density at radius 1 is 1.00 bits per heavy atom. The van der Waals surface area contributed by atoms with E-state index < -0.39 is 16.3 Å². The first-order valence-electron chi connectivity index (χ1n) is 12.1. The van der Waals surface area contributed by atoms with Crippen LogP contribution in [0.4, 0.5) is 5.69 Å². The molecule has 11 heteroatoms. The smallest absolute Gasteiger partial charge is 0.261 e. The van der Waals surface area contributed by atoms with Crippen LogP contribution in [0.5, 0.6) is 0 Å². The van der Waals surface area contributed by atoms with E-state index >= 15 is 0 Å². The summed E-state index contributed by atoms with van der Waals surface area (Å²) in [5.74, 6) is 0.614. The fraction of sp³-hybridized carbons (Fsp3) is 0.259. The molecule has 9 nitrogen and oxygen atoms in total. The number of H-pyrrole nitrogens is 1. The van der Waals surface area contributed by atoms with Crippen molar-refractivity contribution in [2.24, 2.45) is 5.92 Å². The molecular formula is C27H28N4O5S2. The van der Waals surface area contributed by atoms with E-state index in [1.54, 1.807) is 48.5 Å². The Hall–Kier alpha value is -3.22. The van der Waals surface area contributed by atoms with Gasteiger partial charge in [0.1, 0.15) is 6.33 Å². The Kier molecular flexibility index (Phi) is 8.10. The van der Waals surface area contributed by atoms with Gasteiger partial charge in [-0.25, -0.2) is 13.4 Å². The van der Waals surface area contributed by atoms with E-state index in [1.807, 2.05) is 30.3 Å². The molecule has 1 fully saturated rings. The standard InChI is InChI=1S/C27H28N4O5S2/c1-18-24(16-37-27-28-17-29-30-27)35-26(36-25(18)20-12-10-19(15-32)11-13-20)21-6-5-7-22(14-21)31-38(33,34)23-8-3-2-4-9-23/h2-14,17-18,24-26,31-32H,15-16H2,1H3,(H,28,29,30)/t18-,24+,25+,26?/m0/s1. The maximum Gasteiger partial charge on any atom is 0.261 e. The molecule has 198 valence electrons. The van der Waals surface area contributed by atoms with E-state index in [0.29, 0.717) is 22.2 Å². The third kappa shape index (κ3) is 6.08. The molecule has 0 radical (unpaired) electrons. The van der Waals surface area contributed by atoms with Gasteiger partial charge in [0, 0.05) is 22.9 Å². The number of hydrogen-bond acceptors (Lipinski definition) is 8. The number of nitrogens with zero attached hydrogens (tertiary/aromatic N) is 2.